The highest BCUT2D eigenvalue weighted by Crippen LogP contribution is 2.46. The second kappa shape index (κ2) is 8.96. The number of aromatic nitrogens is 1. The highest BCUT2D eigenvalue weighted by Gasteiger charge is 2.40. The molecule has 1 atom stereocenters. The SMILES string of the molecule is COc1cc(Cl)c(C(C)(OC(=O)On2c(O)ccc2O)c2ccc(Cl)cc2Cl)c(Cl)c1. The van der Waals surface area contributed by atoms with Gasteiger partial charge in [-0.1, -0.05) is 52.5 Å². The van der Waals surface area contributed by atoms with Gasteiger partial charge in [0.25, 0.3) is 0 Å². The van der Waals surface area contributed by atoms with E-state index in [1.165, 1.54) is 32.2 Å². The minimum atomic E-state index is -1.67. The fourth-order valence-corrected chi connectivity index (χ4v) is 4.41. The predicted molar refractivity (Wildman–Crippen MR) is 117 cm³/mol. The predicted octanol–water partition coefficient (Wildman–Crippen LogP) is 6.05. The summed E-state index contributed by atoms with van der Waals surface area (Å²) in [7, 11) is 1.45. The molecule has 7 nitrogen and oxygen atoms in total. The zero-order valence-corrected chi connectivity index (χ0v) is 19.1. The molecule has 31 heavy (non-hydrogen) atoms. The van der Waals surface area contributed by atoms with E-state index in [4.69, 9.17) is 60.7 Å². The minimum absolute atomic E-state index is 0.123. The van der Waals surface area contributed by atoms with Crippen LogP contribution in [0.3, 0.4) is 0 Å². The van der Waals surface area contributed by atoms with Gasteiger partial charge in [-0.2, -0.15) is 0 Å². The molecule has 1 aromatic heterocycles. The smallest absolute Gasteiger partial charge is 0.497 e. The molecule has 0 saturated carbocycles. The van der Waals surface area contributed by atoms with Gasteiger partial charge < -0.3 is 19.7 Å². The molecule has 0 aliphatic heterocycles. The Balaban J connectivity index is 2.12. The number of hydrogen-bond acceptors (Lipinski definition) is 6. The lowest BCUT2D eigenvalue weighted by Gasteiger charge is -2.32. The van der Waals surface area contributed by atoms with Crippen molar-refractivity contribution in [3.63, 3.8) is 0 Å². The van der Waals surface area contributed by atoms with Gasteiger partial charge in [0, 0.05) is 33.3 Å². The summed E-state index contributed by atoms with van der Waals surface area (Å²) in [5.74, 6) is -0.671. The fraction of sp³-hybridized carbons (Fsp3) is 0.150. The number of hydrogen-bond donors (Lipinski definition) is 2. The van der Waals surface area contributed by atoms with Crippen molar-refractivity contribution in [1.82, 2.24) is 4.73 Å². The van der Waals surface area contributed by atoms with E-state index in [0.29, 0.717) is 21.1 Å². The maximum absolute atomic E-state index is 12.6. The molecule has 0 spiro atoms. The highest BCUT2D eigenvalue weighted by molar-refractivity contribution is 6.37. The summed E-state index contributed by atoms with van der Waals surface area (Å²) < 4.78 is 11.2. The lowest BCUT2D eigenvalue weighted by atomic mass is 9.87. The third-order valence-electron chi connectivity index (χ3n) is 4.42. The second-order valence-corrected chi connectivity index (χ2v) is 8.07. The van der Waals surface area contributed by atoms with Gasteiger partial charge >= 0.3 is 6.16 Å². The first-order valence-corrected chi connectivity index (χ1v) is 10.1. The van der Waals surface area contributed by atoms with Crippen LogP contribution in [0.1, 0.15) is 18.1 Å². The molecule has 164 valence electrons. The Morgan fingerprint density at radius 2 is 1.52 bits per heavy atom. The maximum atomic E-state index is 12.6. The molecule has 0 bridgehead atoms. The normalized spacial score (nSPS) is 12.8. The zero-order chi connectivity index (χ0) is 22.9. The van der Waals surface area contributed by atoms with Crippen LogP contribution in [0, 0.1) is 0 Å². The van der Waals surface area contributed by atoms with Gasteiger partial charge in [-0.25, -0.2) is 4.79 Å². The van der Waals surface area contributed by atoms with Crippen LogP contribution < -0.4 is 9.57 Å². The Morgan fingerprint density at radius 1 is 0.935 bits per heavy atom. The summed E-state index contributed by atoms with van der Waals surface area (Å²) in [5.41, 5.74) is -1.18. The standard InChI is InChI=1S/C20H15Cl4NO6/c1-20(12-4-3-10(21)7-13(12)22,18-14(23)8-11(29-2)9-15(18)24)30-19(28)31-25-16(26)5-6-17(25)27/h3-9,26-27H,1-2H3. The average molecular weight is 507 g/mol. The molecule has 0 aliphatic rings. The van der Waals surface area contributed by atoms with Crippen molar-refractivity contribution in [2.45, 2.75) is 12.5 Å². The first kappa shape index (κ1) is 23.2. The van der Waals surface area contributed by atoms with Crippen LogP contribution in [0.2, 0.25) is 20.1 Å². The number of halogens is 4. The molecule has 0 fully saturated rings. The monoisotopic (exact) mass is 505 g/mol. The number of nitrogens with zero attached hydrogens (tertiary/aromatic N) is 1. The molecule has 2 N–H and O–H groups in total. The van der Waals surface area contributed by atoms with Crippen molar-refractivity contribution in [3.05, 3.63) is 73.7 Å². The Morgan fingerprint density at radius 3 is 2.03 bits per heavy atom. The molecule has 3 aromatic rings. The number of rotatable bonds is 5. The van der Waals surface area contributed by atoms with Crippen LogP contribution in [-0.2, 0) is 10.3 Å². The van der Waals surface area contributed by atoms with Crippen LogP contribution in [0.15, 0.2) is 42.5 Å². The largest absolute Gasteiger partial charge is 0.535 e. The van der Waals surface area contributed by atoms with E-state index in [1.54, 1.807) is 12.1 Å². The van der Waals surface area contributed by atoms with Crippen molar-refractivity contribution in [3.8, 4) is 17.5 Å². The van der Waals surface area contributed by atoms with Crippen molar-refractivity contribution >= 4 is 52.6 Å². The van der Waals surface area contributed by atoms with Crippen LogP contribution in [0.25, 0.3) is 0 Å². The quantitative estimate of drug-likeness (QED) is 0.409. The summed E-state index contributed by atoms with van der Waals surface area (Å²) in [4.78, 5) is 17.6. The summed E-state index contributed by atoms with van der Waals surface area (Å²) in [5, 5.41) is 20.2. The van der Waals surface area contributed by atoms with Crippen LogP contribution >= 0.6 is 46.4 Å². The third-order valence-corrected chi connectivity index (χ3v) is 5.57. The van der Waals surface area contributed by atoms with Gasteiger partial charge in [0.05, 0.1) is 17.2 Å². The molecule has 0 saturated heterocycles. The van der Waals surface area contributed by atoms with Crippen LogP contribution in [-0.4, -0.2) is 28.2 Å². The number of benzene rings is 2. The van der Waals surface area contributed by atoms with Crippen molar-refractivity contribution in [1.29, 1.82) is 0 Å². The Kier molecular flexibility index (Phi) is 6.71. The van der Waals surface area contributed by atoms with Crippen molar-refractivity contribution in [2.24, 2.45) is 0 Å². The molecule has 3 rings (SSSR count). The molecule has 2 aromatic carbocycles. The van der Waals surface area contributed by atoms with Gasteiger partial charge in [-0.15, -0.1) is 4.73 Å². The topological polar surface area (TPSA) is 90.2 Å². The Hall–Kier alpha value is -2.45. The summed E-state index contributed by atoms with van der Waals surface area (Å²) in [6, 6.07) is 9.76. The highest BCUT2D eigenvalue weighted by atomic mass is 35.5. The van der Waals surface area contributed by atoms with Gasteiger partial charge in [-0.3, -0.25) is 4.84 Å². The molecule has 11 heteroatoms. The summed E-state index contributed by atoms with van der Waals surface area (Å²) >= 11 is 25.3. The zero-order valence-electron chi connectivity index (χ0n) is 16.0. The third kappa shape index (κ3) is 4.60. The molecule has 0 amide bonds. The Labute approximate surface area is 197 Å². The van der Waals surface area contributed by atoms with Crippen LogP contribution in [0.5, 0.6) is 17.5 Å². The van der Waals surface area contributed by atoms with E-state index in [9.17, 15) is 15.0 Å². The number of ether oxygens (including phenoxy) is 2. The number of methoxy groups -OCH3 is 1. The van der Waals surface area contributed by atoms with E-state index in [0.717, 1.165) is 12.1 Å². The average Bonchev–Trinajstić information content (AvgIpc) is 2.98. The van der Waals surface area contributed by atoms with Crippen LogP contribution in [0.4, 0.5) is 4.79 Å². The molecule has 1 heterocycles. The van der Waals surface area contributed by atoms with E-state index in [-0.39, 0.29) is 20.6 Å². The van der Waals surface area contributed by atoms with E-state index in [1.807, 2.05) is 0 Å². The molecular weight excluding hydrogens is 492 g/mol. The lowest BCUT2D eigenvalue weighted by Crippen LogP contribution is -2.35. The molecule has 1 unspecified atom stereocenters. The van der Waals surface area contributed by atoms with Gasteiger partial charge in [0.1, 0.15) is 5.75 Å². The first-order valence-electron chi connectivity index (χ1n) is 8.57. The second-order valence-electron chi connectivity index (χ2n) is 6.41. The minimum Gasteiger partial charge on any atom is -0.497 e. The van der Waals surface area contributed by atoms with E-state index in [2.05, 4.69) is 0 Å². The van der Waals surface area contributed by atoms with Crippen molar-refractivity contribution in [2.75, 3.05) is 7.11 Å². The van der Waals surface area contributed by atoms with Crippen molar-refractivity contribution < 1.29 is 29.3 Å². The fourth-order valence-electron chi connectivity index (χ4n) is 3.00. The van der Waals surface area contributed by atoms with Gasteiger partial charge in [0.15, 0.2) is 5.60 Å². The summed E-state index contributed by atoms with van der Waals surface area (Å²) in [6.07, 6.45) is -1.29. The maximum Gasteiger partial charge on any atom is 0.535 e. The first-order chi connectivity index (χ1) is 14.6. The number of aromatic hydroxyl groups is 2. The number of carbonyl (C=O) groups is 1. The molecule has 0 aliphatic carbocycles. The molecule has 0 radical (unpaired) electrons. The van der Waals surface area contributed by atoms with Gasteiger partial charge in [0.2, 0.25) is 11.8 Å². The van der Waals surface area contributed by atoms with Gasteiger partial charge in [-0.05, 0) is 31.2 Å². The lowest BCUT2D eigenvalue weighted by molar-refractivity contribution is -0.0182. The number of carbonyl (C=O) groups excluding carboxylic acids is 1. The van der Waals surface area contributed by atoms with E-state index >= 15 is 0 Å². The summed E-state index contributed by atoms with van der Waals surface area (Å²) in [6.45, 7) is 1.50. The Bertz CT molecular complexity index is 1110. The van der Waals surface area contributed by atoms with E-state index < -0.39 is 23.5 Å². The molecular formula is C20H15Cl4NO6.